The van der Waals surface area contributed by atoms with Crippen LogP contribution in [0.3, 0.4) is 0 Å². The standard InChI is InChI=1S/C18H30N2/c1-4-11-18(19)16-10-8-7-9-15(16)14-17(18)20(12-5-2)13-6-3/h7-10,17H,4-6,11-14,19H2,1-3H3. The van der Waals surface area contributed by atoms with Gasteiger partial charge in [0.05, 0.1) is 5.54 Å². The van der Waals surface area contributed by atoms with Crippen molar-refractivity contribution in [2.45, 2.75) is 64.5 Å². The summed E-state index contributed by atoms with van der Waals surface area (Å²) in [6.45, 7) is 9.10. The van der Waals surface area contributed by atoms with Crippen LogP contribution < -0.4 is 5.73 Å². The van der Waals surface area contributed by atoms with Crippen molar-refractivity contribution >= 4 is 0 Å². The predicted molar refractivity (Wildman–Crippen MR) is 86.9 cm³/mol. The summed E-state index contributed by atoms with van der Waals surface area (Å²) in [6.07, 6.45) is 5.75. The lowest BCUT2D eigenvalue weighted by Gasteiger charge is -2.40. The van der Waals surface area contributed by atoms with Gasteiger partial charge >= 0.3 is 0 Å². The van der Waals surface area contributed by atoms with Crippen molar-refractivity contribution in [3.8, 4) is 0 Å². The molecule has 0 bridgehead atoms. The zero-order valence-electron chi connectivity index (χ0n) is 13.4. The maximum absolute atomic E-state index is 6.95. The van der Waals surface area contributed by atoms with Gasteiger partial charge in [-0.2, -0.15) is 0 Å². The molecule has 0 aliphatic heterocycles. The second-order valence-corrected chi connectivity index (χ2v) is 6.20. The number of fused-ring (bicyclic) bond motifs is 1. The molecule has 1 aliphatic rings. The summed E-state index contributed by atoms with van der Waals surface area (Å²) < 4.78 is 0. The Balaban J connectivity index is 2.33. The lowest BCUT2D eigenvalue weighted by Crippen LogP contribution is -2.54. The molecular weight excluding hydrogens is 244 g/mol. The zero-order chi connectivity index (χ0) is 14.6. The maximum atomic E-state index is 6.95. The summed E-state index contributed by atoms with van der Waals surface area (Å²) in [4.78, 5) is 2.63. The molecule has 2 N–H and O–H groups in total. The molecule has 0 heterocycles. The van der Waals surface area contributed by atoms with E-state index in [-0.39, 0.29) is 5.54 Å². The third-order valence-corrected chi connectivity index (χ3v) is 4.65. The van der Waals surface area contributed by atoms with Crippen LogP contribution in [0.2, 0.25) is 0 Å². The molecule has 1 aromatic carbocycles. The molecule has 2 atom stereocenters. The molecule has 2 heteroatoms. The molecule has 0 aromatic heterocycles. The average molecular weight is 274 g/mol. The Morgan fingerprint density at radius 3 is 2.35 bits per heavy atom. The third kappa shape index (κ3) is 2.77. The summed E-state index contributed by atoms with van der Waals surface area (Å²) in [6, 6.07) is 9.28. The fourth-order valence-corrected chi connectivity index (χ4v) is 3.89. The fraction of sp³-hybridized carbons (Fsp3) is 0.667. The van der Waals surface area contributed by atoms with E-state index in [1.165, 1.54) is 24.0 Å². The van der Waals surface area contributed by atoms with Gasteiger partial charge in [-0.25, -0.2) is 0 Å². The van der Waals surface area contributed by atoms with Crippen molar-refractivity contribution in [1.82, 2.24) is 4.90 Å². The molecule has 1 aromatic rings. The second kappa shape index (κ2) is 6.73. The zero-order valence-corrected chi connectivity index (χ0v) is 13.4. The SMILES string of the molecule is CCCN(CCC)C1Cc2ccccc2C1(N)CCC. The van der Waals surface area contributed by atoms with Gasteiger partial charge in [0.15, 0.2) is 0 Å². The second-order valence-electron chi connectivity index (χ2n) is 6.20. The minimum atomic E-state index is -0.157. The lowest BCUT2D eigenvalue weighted by atomic mass is 9.84. The molecular formula is C18H30N2. The van der Waals surface area contributed by atoms with Crippen LogP contribution in [-0.4, -0.2) is 24.0 Å². The Morgan fingerprint density at radius 1 is 1.10 bits per heavy atom. The predicted octanol–water partition coefficient (Wildman–Crippen LogP) is 3.69. The van der Waals surface area contributed by atoms with Gasteiger partial charge in [-0.15, -0.1) is 0 Å². The van der Waals surface area contributed by atoms with Crippen LogP contribution in [-0.2, 0) is 12.0 Å². The van der Waals surface area contributed by atoms with E-state index in [4.69, 9.17) is 5.73 Å². The molecule has 0 radical (unpaired) electrons. The first kappa shape index (κ1) is 15.5. The number of hydrogen-bond acceptors (Lipinski definition) is 2. The topological polar surface area (TPSA) is 29.3 Å². The fourth-order valence-electron chi connectivity index (χ4n) is 3.89. The average Bonchev–Trinajstić information content (AvgIpc) is 2.73. The van der Waals surface area contributed by atoms with Crippen LogP contribution in [0.25, 0.3) is 0 Å². The van der Waals surface area contributed by atoms with E-state index in [1.807, 2.05) is 0 Å². The molecule has 2 nitrogen and oxygen atoms in total. The van der Waals surface area contributed by atoms with E-state index in [2.05, 4.69) is 49.9 Å². The van der Waals surface area contributed by atoms with Gasteiger partial charge in [0, 0.05) is 6.04 Å². The van der Waals surface area contributed by atoms with Crippen molar-refractivity contribution in [2.75, 3.05) is 13.1 Å². The van der Waals surface area contributed by atoms with Gasteiger partial charge in [-0.1, -0.05) is 51.5 Å². The largest absolute Gasteiger partial charge is 0.320 e. The van der Waals surface area contributed by atoms with Crippen LogP contribution in [0.4, 0.5) is 0 Å². The molecule has 0 fully saturated rings. The Bertz CT molecular complexity index is 423. The molecule has 2 unspecified atom stereocenters. The number of rotatable bonds is 7. The molecule has 20 heavy (non-hydrogen) atoms. The highest BCUT2D eigenvalue weighted by Crippen LogP contribution is 2.41. The highest BCUT2D eigenvalue weighted by Gasteiger charge is 2.45. The maximum Gasteiger partial charge on any atom is 0.0573 e. The molecule has 0 saturated heterocycles. The van der Waals surface area contributed by atoms with Gasteiger partial charge in [-0.05, 0) is 49.9 Å². The van der Waals surface area contributed by atoms with Crippen molar-refractivity contribution in [3.63, 3.8) is 0 Å². The van der Waals surface area contributed by atoms with Crippen molar-refractivity contribution in [1.29, 1.82) is 0 Å². The molecule has 1 aliphatic carbocycles. The van der Waals surface area contributed by atoms with E-state index in [0.29, 0.717) is 6.04 Å². The number of nitrogens with zero attached hydrogens (tertiary/aromatic N) is 1. The van der Waals surface area contributed by atoms with Crippen LogP contribution in [0, 0.1) is 0 Å². The molecule has 2 rings (SSSR count). The van der Waals surface area contributed by atoms with Gasteiger partial charge in [-0.3, -0.25) is 4.90 Å². The first-order valence-electron chi connectivity index (χ1n) is 8.28. The van der Waals surface area contributed by atoms with Crippen LogP contribution in [0.15, 0.2) is 24.3 Å². The minimum Gasteiger partial charge on any atom is -0.320 e. The smallest absolute Gasteiger partial charge is 0.0573 e. The summed E-state index contributed by atoms with van der Waals surface area (Å²) in [5, 5.41) is 0. The Hall–Kier alpha value is -0.860. The Morgan fingerprint density at radius 2 is 1.75 bits per heavy atom. The number of benzene rings is 1. The molecule has 0 amide bonds. The summed E-state index contributed by atoms with van der Waals surface area (Å²) >= 11 is 0. The van der Waals surface area contributed by atoms with E-state index in [0.717, 1.165) is 32.4 Å². The molecule has 0 spiro atoms. The van der Waals surface area contributed by atoms with Crippen molar-refractivity contribution < 1.29 is 0 Å². The Labute approximate surface area is 124 Å². The van der Waals surface area contributed by atoms with Crippen LogP contribution in [0.1, 0.15) is 57.6 Å². The van der Waals surface area contributed by atoms with Gasteiger partial charge in [0.25, 0.3) is 0 Å². The normalized spacial score (nSPS) is 25.1. The van der Waals surface area contributed by atoms with Crippen molar-refractivity contribution in [3.05, 3.63) is 35.4 Å². The number of nitrogens with two attached hydrogens (primary N) is 1. The van der Waals surface area contributed by atoms with E-state index in [9.17, 15) is 0 Å². The summed E-state index contributed by atoms with van der Waals surface area (Å²) in [7, 11) is 0. The monoisotopic (exact) mass is 274 g/mol. The Kier molecular flexibility index (Phi) is 5.22. The minimum absolute atomic E-state index is 0.157. The van der Waals surface area contributed by atoms with Gasteiger partial charge < -0.3 is 5.73 Å². The first-order chi connectivity index (χ1) is 9.67. The highest BCUT2D eigenvalue weighted by atomic mass is 15.2. The van der Waals surface area contributed by atoms with Gasteiger partial charge in [0.1, 0.15) is 0 Å². The van der Waals surface area contributed by atoms with E-state index in [1.54, 1.807) is 0 Å². The highest BCUT2D eigenvalue weighted by molar-refractivity contribution is 5.41. The van der Waals surface area contributed by atoms with Crippen molar-refractivity contribution in [2.24, 2.45) is 5.73 Å². The lowest BCUT2D eigenvalue weighted by molar-refractivity contribution is 0.123. The molecule has 112 valence electrons. The van der Waals surface area contributed by atoms with E-state index >= 15 is 0 Å². The van der Waals surface area contributed by atoms with Gasteiger partial charge in [0.2, 0.25) is 0 Å². The first-order valence-corrected chi connectivity index (χ1v) is 8.28. The summed E-state index contributed by atoms with van der Waals surface area (Å²) in [5.74, 6) is 0. The van der Waals surface area contributed by atoms with E-state index < -0.39 is 0 Å². The third-order valence-electron chi connectivity index (χ3n) is 4.65. The quantitative estimate of drug-likeness (QED) is 0.821. The van der Waals surface area contributed by atoms with Crippen LogP contribution >= 0.6 is 0 Å². The van der Waals surface area contributed by atoms with Crippen LogP contribution in [0.5, 0.6) is 0 Å². The number of hydrogen-bond donors (Lipinski definition) is 1. The summed E-state index contributed by atoms with van der Waals surface area (Å²) in [5.41, 5.74) is 9.64. The molecule has 0 saturated carbocycles.